The van der Waals surface area contributed by atoms with Gasteiger partial charge >= 0.3 is 12.0 Å². The van der Waals surface area contributed by atoms with E-state index in [4.69, 9.17) is 9.63 Å². The summed E-state index contributed by atoms with van der Waals surface area (Å²) >= 11 is 0. The van der Waals surface area contributed by atoms with E-state index >= 15 is 0 Å². The summed E-state index contributed by atoms with van der Waals surface area (Å²) in [7, 11) is 0. The third kappa shape index (κ3) is 3.76. The Bertz CT molecular complexity index is 414. The summed E-state index contributed by atoms with van der Waals surface area (Å²) in [5, 5.41) is 14.9. The van der Waals surface area contributed by atoms with Gasteiger partial charge in [-0.1, -0.05) is 5.16 Å². The van der Waals surface area contributed by atoms with Gasteiger partial charge in [0, 0.05) is 12.6 Å². The average molecular weight is 253 g/mol. The van der Waals surface area contributed by atoms with Gasteiger partial charge in [-0.25, -0.2) is 4.79 Å². The molecule has 1 heterocycles. The van der Waals surface area contributed by atoms with Gasteiger partial charge in [0.25, 0.3) is 0 Å². The lowest BCUT2D eigenvalue weighted by molar-refractivity contribution is -0.137. The average Bonchev–Trinajstić information content (AvgIpc) is 2.98. The second-order valence-electron chi connectivity index (χ2n) is 4.36. The van der Waals surface area contributed by atoms with E-state index in [0.29, 0.717) is 18.2 Å². The molecule has 7 nitrogen and oxygen atoms in total. The lowest BCUT2D eigenvalue weighted by atomic mass is 10.3. The Hall–Kier alpha value is -2.05. The molecule has 1 aromatic rings. The highest BCUT2D eigenvalue weighted by atomic mass is 16.5. The first-order chi connectivity index (χ1) is 8.65. The standard InChI is InChI=1S/C11H15N3O4/c15-10(16)7-14(6-8-1-2-8)11(17)12-5-9-3-4-13-18-9/h3-4,8H,1-2,5-7H2,(H,12,17)(H,15,16). The number of amides is 2. The Balaban J connectivity index is 1.83. The number of hydrogen-bond donors (Lipinski definition) is 2. The van der Waals surface area contributed by atoms with E-state index in [2.05, 4.69) is 10.5 Å². The fourth-order valence-corrected chi connectivity index (χ4v) is 1.60. The monoisotopic (exact) mass is 253 g/mol. The summed E-state index contributed by atoms with van der Waals surface area (Å²) < 4.78 is 4.84. The van der Waals surface area contributed by atoms with Crippen LogP contribution in [0.4, 0.5) is 4.79 Å². The van der Waals surface area contributed by atoms with E-state index in [9.17, 15) is 9.59 Å². The number of nitrogens with one attached hydrogen (secondary N) is 1. The van der Waals surface area contributed by atoms with Crippen molar-refractivity contribution in [2.45, 2.75) is 19.4 Å². The molecule has 1 aliphatic rings. The minimum Gasteiger partial charge on any atom is -0.480 e. The highest BCUT2D eigenvalue weighted by Crippen LogP contribution is 2.29. The molecule has 0 saturated heterocycles. The molecule has 1 aliphatic carbocycles. The van der Waals surface area contributed by atoms with Gasteiger partial charge in [-0.05, 0) is 18.8 Å². The number of aromatic nitrogens is 1. The number of rotatable bonds is 6. The molecule has 2 rings (SSSR count). The summed E-state index contributed by atoms with van der Waals surface area (Å²) in [5.74, 6) is -0.0316. The van der Waals surface area contributed by atoms with Crippen LogP contribution in [0.5, 0.6) is 0 Å². The molecule has 0 bridgehead atoms. The number of carboxylic acids is 1. The van der Waals surface area contributed by atoms with Gasteiger partial charge < -0.3 is 19.8 Å². The summed E-state index contributed by atoms with van der Waals surface area (Å²) in [6, 6.07) is 1.25. The first-order valence-electron chi connectivity index (χ1n) is 5.79. The molecule has 0 atom stereocenters. The summed E-state index contributed by atoms with van der Waals surface area (Å²) in [6.07, 6.45) is 3.61. The molecule has 98 valence electrons. The van der Waals surface area contributed by atoms with Crippen LogP contribution in [0.3, 0.4) is 0 Å². The SMILES string of the molecule is O=C(O)CN(CC1CC1)C(=O)NCc1ccno1. The third-order valence-electron chi connectivity index (χ3n) is 2.69. The van der Waals surface area contributed by atoms with Crippen LogP contribution in [0.1, 0.15) is 18.6 Å². The van der Waals surface area contributed by atoms with Crippen LogP contribution < -0.4 is 5.32 Å². The number of carbonyl (C=O) groups is 2. The quantitative estimate of drug-likeness (QED) is 0.777. The van der Waals surface area contributed by atoms with Crippen molar-refractivity contribution in [1.29, 1.82) is 0 Å². The molecule has 1 aromatic heterocycles. The molecule has 0 aliphatic heterocycles. The molecule has 18 heavy (non-hydrogen) atoms. The van der Waals surface area contributed by atoms with Crippen LogP contribution in [0.25, 0.3) is 0 Å². The molecule has 0 aromatic carbocycles. The number of urea groups is 1. The maximum atomic E-state index is 11.8. The van der Waals surface area contributed by atoms with Crippen molar-refractivity contribution < 1.29 is 19.2 Å². The van der Waals surface area contributed by atoms with Gasteiger partial charge in [-0.3, -0.25) is 4.79 Å². The maximum Gasteiger partial charge on any atom is 0.323 e. The molecule has 0 spiro atoms. The van der Waals surface area contributed by atoms with Crippen molar-refractivity contribution in [3.8, 4) is 0 Å². The number of carbonyl (C=O) groups excluding carboxylic acids is 1. The zero-order chi connectivity index (χ0) is 13.0. The van der Waals surface area contributed by atoms with Crippen molar-refractivity contribution in [3.63, 3.8) is 0 Å². The fourth-order valence-electron chi connectivity index (χ4n) is 1.60. The molecule has 1 saturated carbocycles. The van der Waals surface area contributed by atoms with Gasteiger partial charge in [0.2, 0.25) is 0 Å². The topological polar surface area (TPSA) is 95.7 Å². The predicted molar refractivity (Wildman–Crippen MR) is 60.7 cm³/mol. The Labute approximate surface area is 104 Å². The Morgan fingerprint density at radius 3 is 2.89 bits per heavy atom. The van der Waals surface area contributed by atoms with Gasteiger partial charge in [-0.15, -0.1) is 0 Å². The molecular formula is C11H15N3O4. The van der Waals surface area contributed by atoms with Gasteiger partial charge in [0.1, 0.15) is 6.54 Å². The van der Waals surface area contributed by atoms with Crippen LogP contribution in [-0.2, 0) is 11.3 Å². The smallest absolute Gasteiger partial charge is 0.323 e. The van der Waals surface area contributed by atoms with Crippen LogP contribution in [0.2, 0.25) is 0 Å². The van der Waals surface area contributed by atoms with E-state index < -0.39 is 5.97 Å². The number of hydrogen-bond acceptors (Lipinski definition) is 4. The zero-order valence-corrected chi connectivity index (χ0v) is 9.83. The molecule has 2 N–H and O–H groups in total. The largest absolute Gasteiger partial charge is 0.480 e. The van der Waals surface area contributed by atoms with Crippen LogP contribution in [0, 0.1) is 5.92 Å². The van der Waals surface area contributed by atoms with Crippen LogP contribution >= 0.6 is 0 Å². The molecule has 1 fully saturated rings. The first-order valence-corrected chi connectivity index (χ1v) is 5.79. The second kappa shape index (κ2) is 5.52. The Morgan fingerprint density at radius 2 is 2.33 bits per heavy atom. The third-order valence-corrected chi connectivity index (χ3v) is 2.69. The minimum absolute atomic E-state index is 0.208. The molecular weight excluding hydrogens is 238 g/mol. The number of carboxylic acid groups (broad SMARTS) is 1. The van der Waals surface area contributed by atoms with Gasteiger partial charge in [0.05, 0.1) is 12.7 Å². The lowest BCUT2D eigenvalue weighted by Gasteiger charge is -2.20. The first kappa shape index (κ1) is 12.4. The van der Waals surface area contributed by atoms with E-state index in [0.717, 1.165) is 12.8 Å². The Kier molecular flexibility index (Phi) is 3.81. The fraction of sp³-hybridized carbons (Fsp3) is 0.545. The van der Waals surface area contributed by atoms with E-state index in [1.807, 2.05) is 0 Å². The normalized spacial score (nSPS) is 14.2. The summed E-state index contributed by atoms with van der Waals surface area (Å²) in [6.45, 7) is 0.424. The van der Waals surface area contributed by atoms with Crippen LogP contribution in [-0.4, -0.2) is 40.3 Å². The molecule has 2 amide bonds. The summed E-state index contributed by atoms with van der Waals surface area (Å²) in [5.41, 5.74) is 0. The van der Waals surface area contributed by atoms with Gasteiger partial charge in [0.15, 0.2) is 5.76 Å². The highest BCUT2D eigenvalue weighted by Gasteiger charge is 2.27. The van der Waals surface area contributed by atoms with Crippen molar-refractivity contribution in [2.24, 2.45) is 5.92 Å². The lowest BCUT2D eigenvalue weighted by Crippen LogP contribution is -2.43. The molecule has 0 unspecified atom stereocenters. The predicted octanol–water partition coefficient (Wildman–Crippen LogP) is 0.681. The minimum atomic E-state index is -1.01. The van der Waals surface area contributed by atoms with E-state index in [1.54, 1.807) is 6.07 Å². The summed E-state index contributed by atoms with van der Waals surface area (Å²) in [4.78, 5) is 23.8. The van der Waals surface area contributed by atoms with E-state index in [1.165, 1.54) is 11.1 Å². The van der Waals surface area contributed by atoms with Crippen molar-refractivity contribution >= 4 is 12.0 Å². The Morgan fingerprint density at radius 1 is 1.56 bits per heavy atom. The van der Waals surface area contributed by atoms with Crippen molar-refractivity contribution in [2.75, 3.05) is 13.1 Å². The zero-order valence-electron chi connectivity index (χ0n) is 9.83. The molecule has 0 radical (unpaired) electrons. The van der Waals surface area contributed by atoms with E-state index in [-0.39, 0.29) is 19.1 Å². The van der Waals surface area contributed by atoms with Gasteiger partial charge in [-0.2, -0.15) is 0 Å². The number of aliphatic carboxylic acids is 1. The van der Waals surface area contributed by atoms with Crippen molar-refractivity contribution in [3.05, 3.63) is 18.0 Å². The second-order valence-corrected chi connectivity index (χ2v) is 4.36. The highest BCUT2D eigenvalue weighted by molar-refractivity contribution is 5.80. The number of nitrogens with zero attached hydrogens (tertiary/aromatic N) is 2. The molecule has 7 heteroatoms. The van der Waals surface area contributed by atoms with Crippen molar-refractivity contribution in [1.82, 2.24) is 15.4 Å². The maximum absolute atomic E-state index is 11.8. The van der Waals surface area contributed by atoms with Crippen LogP contribution in [0.15, 0.2) is 16.8 Å².